The number of hydrogen-bond donors (Lipinski definition) is 0. The van der Waals surface area contributed by atoms with Gasteiger partial charge >= 0.3 is 0 Å². The molecular formula is C23H23N3O3S. The van der Waals surface area contributed by atoms with E-state index in [9.17, 15) is 4.79 Å². The molecule has 1 saturated heterocycles. The molecule has 0 aliphatic carbocycles. The number of ether oxygens (including phenoxy) is 2. The molecule has 5 rings (SSSR count). The summed E-state index contributed by atoms with van der Waals surface area (Å²) in [5, 5.41) is 4.89. The molecule has 0 saturated carbocycles. The summed E-state index contributed by atoms with van der Waals surface area (Å²) in [5.41, 5.74) is 3.69. The van der Waals surface area contributed by atoms with E-state index in [1.807, 2.05) is 66.2 Å². The Morgan fingerprint density at radius 2 is 1.90 bits per heavy atom. The highest BCUT2D eigenvalue weighted by Gasteiger charge is 2.26. The predicted molar refractivity (Wildman–Crippen MR) is 117 cm³/mol. The lowest BCUT2D eigenvalue weighted by atomic mass is 10.1. The van der Waals surface area contributed by atoms with Crippen LogP contribution in [0.25, 0.3) is 11.3 Å². The van der Waals surface area contributed by atoms with Gasteiger partial charge in [-0.1, -0.05) is 36.4 Å². The number of fused-ring (bicyclic) bond motifs is 1. The summed E-state index contributed by atoms with van der Waals surface area (Å²) in [4.78, 5) is 15.2. The molecule has 30 heavy (non-hydrogen) atoms. The Kier molecular flexibility index (Phi) is 5.12. The molecule has 1 amide bonds. The van der Waals surface area contributed by atoms with E-state index in [2.05, 4.69) is 17.2 Å². The van der Waals surface area contributed by atoms with Gasteiger partial charge in [-0.05, 0) is 30.2 Å². The van der Waals surface area contributed by atoms with E-state index < -0.39 is 0 Å². The highest BCUT2D eigenvalue weighted by atomic mass is 32.2. The first-order chi connectivity index (χ1) is 14.7. The second-order valence-corrected chi connectivity index (χ2v) is 8.77. The molecule has 3 heterocycles. The topological polar surface area (TPSA) is 56.6 Å². The van der Waals surface area contributed by atoms with E-state index in [1.54, 1.807) is 4.68 Å². The van der Waals surface area contributed by atoms with Crippen LogP contribution in [0.3, 0.4) is 0 Å². The van der Waals surface area contributed by atoms with Gasteiger partial charge in [0.1, 0.15) is 5.69 Å². The molecule has 1 fully saturated rings. The van der Waals surface area contributed by atoms with Crippen LogP contribution in [0.15, 0.2) is 54.6 Å². The van der Waals surface area contributed by atoms with E-state index in [0.29, 0.717) is 10.9 Å². The number of aryl methyl sites for hydroxylation is 1. The Balaban J connectivity index is 1.30. The molecule has 154 valence electrons. The van der Waals surface area contributed by atoms with Gasteiger partial charge in [-0.2, -0.15) is 16.9 Å². The van der Waals surface area contributed by atoms with Gasteiger partial charge in [-0.25, -0.2) is 0 Å². The van der Waals surface area contributed by atoms with Crippen molar-refractivity contribution < 1.29 is 14.3 Å². The van der Waals surface area contributed by atoms with Crippen LogP contribution in [0.1, 0.15) is 27.7 Å². The number of benzene rings is 2. The Morgan fingerprint density at radius 3 is 2.77 bits per heavy atom. The first-order valence-electron chi connectivity index (χ1n) is 10.1. The summed E-state index contributed by atoms with van der Waals surface area (Å²) >= 11 is 1.89. The van der Waals surface area contributed by atoms with Gasteiger partial charge in [-0.15, -0.1) is 0 Å². The predicted octanol–water partition coefficient (Wildman–Crippen LogP) is 4.14. The van der Waals surface area contributed by atoms with E-state index in [0.717, 1.165) is 48.0 Å². The molecule has 0 radical (unpaired) electrons. The molecule has 2 aromatic carbocycles. The molecule has 2 aliphatic rings. The van der Waals surface area contributed by atoms with Crippen LogP contribution in [0.5, 0.6) is 11.5 Å². The van der Waals surface area contributed by atoms with Crippen molar-refractivity contribution in [3.8, 4) is 22.8 Å². The van der Waals surface area contributed by atoms with Crippen LogP contribution < -0.4 is 9.47 Å². The maximum absolute atomic E-state index is 13.2. The van der Waals surface area contributed by atoms with Crippen molar-refractivity contribution in [2.24, 2.45) is 7.05 Å². The fraction of sp³-hybridized carbons (Fsp3) is 0.304. The van der Waals surface area contributed by atoms with Crippen molar-refractivity contribution >= 4 is 17.7 Å². The van der Waals surface area contributed by atoms with Crippen LogP contribution in [0, 0.1) is 0 Å². The zero-order valence-electron chi connectivity index (χ0n) is 16.8. The second-order valence-electron chi connectivity index (χ2n) is 7.46. The molecule has 0 bridgehead atoms. The normalized spacial score (nSPS) is 18.3. The third kappa shape index (κ3) is 3.65. The molecular weight excluding hydrogens is 398 g/mol. The van der Waals surface area contributed by atoms with E-state index in [4.69, 9.17) is 9.47 Å². The second kappa shape index (κ2) is 8.07. The molecule has 1 atom stereocenters. The number of hydrogen-bond acceptors (Lipinski definition) is 5. The number of amides is 1. The van der Waals surface area contributed by atoms with Crippen LogP contribution >= 0.6 is 11.8 Å². The summed E-state index contributed by atoms with van der Waals surface area (Å²) in [7, 11) is 1.83. The SMILES string of the molecule is Cn1nc(-c2ccccc2)cc1C(=O)N1CCSC(c2ccc3c(c2)OCO3)CC1. The summed E-state index contributed by atoms with van der Waals surface area (Å²) in [6, 6.07) is 18.0. The van der Waals surface area contributed by atoms with E-state index in [-0.39, 0.29) is 12.7 Å². The van der Waals surface area contributed by atoms with Gasteiger partial charge in [0.25, 0.3) is 5.91 Å². The number of rotatable bonds is 3. The Bertz CT molecular complexity index is 1070. The standard InChI is InChI=1S/C23H23N3O3S/c1-25-19(14-18(24-25)16-5-3-2-4-6-16)23(27)26-10-9-22(30-12-11-26)17-7-8-20-21(13-17)29-15-28-20/h2-8,13-14,22H,9-12,15H2,1H3. The minimum Gasteiger partial charge on any atom is -0.454 e. The zero-order valence-corrected chi connectivity index (χ0v) is 17.6. The fourth-order valence-electron chi connectivity index (χ4n) is 3.93. The first kappa shape index (κ1) is 19.1. The van der Waals surface area contributed by atoms with Crippen molar-refractivity contribution in [1.82, 2.24) is 14.7 Å². The molecule has 1 aromatic heterocycles. The molecule has 0 N–H and O–H groups in total. The molecule has 1 unspecified atom stereocenters. The van der Waals surface area contributed by atoms with Gasteiger partial charge in [0.15, 0.2) is 11.5 Å². The molecule has 0 spiro atoms. The highest BCUT2D eigenvalue weighted by Crippen LogP contribution is 2.40. The van der Waals surface area contributed by atoms with Gasteiger partial charge in [-0.3, -0.25) is 9.48 Å². The lowest BCUT2D eigenvalue weighted by Crippen LogP contribution is -2.34. The van der Waals surface area contributed by atoms with Gasteiger partial charge < -0.3 is 14.4 Å². The number of thioether (sulfide) groups is 1. The number of aromatic nitrogens is 2. The fourth-order valence-corrected chi connectivity index (χ4v) is 5.15. The van der Waals surface area contributed by atoms with Gasteiger partial charge in [0.2, 0.25) is 6.79 Å². The molecule has 7 heteroatoms. The Morgan fingerprint density at radius 1 is 1.07 bits per heavy atom. The zero-order chi connectivity index (χ0) is 20.5. The monoisotopic (exact) mass is 421 g/mol. The Hall–Kier alpha value is -2.93. The maximum Gasteiger partial charge on any atom is 0.272 e. The van der Waals surface area contributed by atoms with Gasteiger partial charge in [0, 0.05) is 36.7 Å². The first-order valence-corrected chi connectivity index (χ1v) is 11.1. The quantitative estimate of drug-likeness (QED) is 0.636. The lowest BCUT2D eigenvalue weighted by Gasteiger charge is -2.20. The third-order valence-corrected chi connectivity index (χ3v) is 6.89. The summed E-state index contributed by atoms with van der Waals surface area (Å²) in [6.07, 6.45) is 0.902. The van der Waals surface area contributed by atoms with Crippen LogP contribution in [-0.4, -0.2) is 46.2 Å². The van der Waals surface area contributed by atoms with Gasteiger partial charge in [0.05, 0.1) is 5.69 Å². The van der Waals surface area contributed by atoms with Crippen molar-refractivity contribution in [2.45, 2.75) is 11.7 Å². The lowest BCUT2D eigenvalue weighted by molar-refractivity contribution is 0.0755. The smallest absolute Gasteiger partial charge is 0.272 e. The number of carbonyl (C=O) groups excluding carboxylic acids is 1. The third-order valence-electron chi connectivity index (χ3n) is 5.57. The summed E-state index contributed by atoms with van der Waals surface area (Å²) in [6.45, 7) is 1.74. The summed E-state index contributed by atoms with van der Waals surface area (Å²) in [5.74, 6) is 2.56. The molecule has 3 aromatic rings. The largest absolute Gasteiger partial charge is 0.454 e. The maximum atomic E-state index is 13.2. The minimum absolute atomic E-state index is 0.0408. The summed E-state index contributed by atoms with van der Waals surface area (Å²) < 4.78 is 12.6. The van der Waals surface area contributed by atoms with E-state index in [1.165, 1.54) is 5.56 Å². The highest BCUT2D eigenvalue weighted by molar-refractivity contribution is 7.99. The van der Waals surface area contributed by atoms with Crippen molar-refractivity contribution in [1.29, 1.82) is 0 Å². The average molecular weight is 422 g/mol. The number of carbonyl (C=O) groups is 1. The van der Waals surface area contributed by atoms with E-state index >= 15 is 0 Å². The Labute approximate surface area is 179 Å². The van der Waals surface area contributed by atoms with Crippen LogP contribution in [0.4, 0.5) is 0 Å². The van der Waals surface area contributed by atoms with Crippen molar-refractivity contribution in [2.75, 3.05) is 25.6 Å². The molecule has 2 aliphatic heterocycles. The average Bonchev–Trinajstić information content (AvgIpc) is 3.32. The van der Waals surface area contributed by atoms with Crippen molar-refractivity contribution in [3.63, 3.8) is 0 Å². The minimum atomic E-state index is 0.0408. The van der Waals surface area contributed by atoms with Crippen LogP contribution in [-0.2, 0) is 7.05 Å². The molecule has 6 nitrogen and oxygen atoms in total. The van der Waals surface area contributed by atoms with Crippen molar-refractivity contribution in [3.05, 3.63) is 65.9 Å². The van der Waals surface area contributed by atoms with Crippen LogP contribution in [0.2, 0.25) is 0 Å². The number of nitrogens with zero attached hydrogens (tertiary/aromatic N) is 3.